The second-order valence-corrected chi connectivity index (χ2v) is 15.5. The lowest BCUT2D eigenvalue weighted by molar-refractivity contribution is 0.696. The van der Waals surface area contributed by atoms with Crippen molar-refractivity contribution in [2.75, 3.05) is 9.80 Å². The number of aromatic nitrogens is 1. The lowest BCUT2D eigenvalue weighted by atomic mass is 9.98. The number of fused-ring (bicyclic) bond motifs is 5. The van der Waals surface area contributed by atoms with Gasteiger partial charge in [-0.2, -0.15) is 0 Å². The number of anilines is 5. The molecule has 1 aromatic heterocycles. The molecule has 1 unspecified atom stereocenters. The van der Waals surface area contributed by atoms with E-state index in [9.17, 15) is 0 Å². The van der Waals surface area contributed by atoms with Gasteiger partial charge in [-0.1, -0.05) is 129 Å². The molecule has 0 saturated heterocycles. The van der Waals surface area contributed by atoms with Crippen LogP contribution in [0.2, 0.25) is 0 Å². The molecule has 0 spiro atoms. The first-order chi connectivity index (χ1) is 29.1. The van der Waals surface area contributed by atoms with E-state index >= 15 is 0 Å². The van der Waals surface area contributed by atoms with E-state index in [2.05, 4.69) is 235 Å². The Bertz CT molecular complexity index is 3140. The molecule has 8 aromatic carbocycles. The lowest BCUT2D eigenvalue weighted by Crippen LogP contribution is -2.19. The van der Waals surface area contributed by atoms with Gasteiger partial charge >= 0.3 is 0 Å². The molecule has 1 heterocycles. The van der Waals surface area contributed by atoms with Gasteiger partial charge in [-0.05, 0) is 143 Å². The van der Waals surface area contributed by atoms with Gasteiger partial charge in [-0.15, -0.1) is 0 Å². The van der Waals surface area contributed by atoms with Gasteiger partial charge in [0.1, 0.15) is 0 Å². The maximum atomic E-state index is 4.18. The first-order valence-electron chi connectivity index (χ1n) is 20.5. The third kappa shape index (κ3) is 6.61. The quantitative estimate of drug-likeness (QED) is 0.145. The zero-order chi connectivity index (χ0) is 39.9. The van der Waals surface area contributed by atoms with Crippen molar-refractivity contribution in [2.45, 2.75) is 20.3 Å². The molecule has 0 saturated carbocycles. The summed E-state index contributed by atoms with van der Waals surface area (Å²) in [6, 6.07) is 62.2. The number of benzene rings is 8. The molecule has 0 N–H and O–H groups in total. The van der Waals surface area contributed by atoms with Crippen molar-refractivity contribution in [3.05, 3.63) is 218 Å². The summed E-state index contributed by atoms with van der Waals surface area (Å²) in [4.78, 5) is 4.82. The normalized spacial score (nSPS) is 14.1. The fourth-order valence-electron chi connectivity index (χ4n) is 8.89. The van der Waals surface area contributed by atoms with Gasteiger partial charge < -0.3 is 14.4 Å². The summed E-state index contributed by atoms with van der Waals surface area (Å²) in [5, 5.41) is 7.30. The Balaban J connectivity index is 1.22. The van der Waals surface area contributed by atoms with E-state index in [4.69, 9.17) is 0 Å². The molecule has 0 bridgehead atoms. The van der Waals surface area contributed by atoms with Gasteiger partial charge in [0.15, 0.2) is 0 Å². The van der Waals surface area contributed by atoms with Crippen LogP contribution in [0, 0.1) is 5.92 Å². The largest absolute Gasteiger partial charge is 0.314 e. The molecule has 0 fully saturated rings. The minimum Gasteiger partial charge on any atom is -0.314 e. The zero-order valence-corrected chi connectivity index (χ0v) is 33.5. The van der Waals surface area contributed by atoms with E-state index in [1.165, 1.54) is 38.0 Å². The molecule has 10 rings (SSSR count). The summed E-state index contributed by atoms with van der Waals surface area (Å²) in [6.07, 6.45) is 13.9. The van der Waals surface area contributed by atoms with Crippen LogP contribution in [-0.4, -0.2) is 4.57 Å². The van der Waals surface area contributed by atoms with Crippen LogP contribution in [0.15, 0.2) is 206 Å². The van der Waals surface area contributed by atoms with Crippen LogP contribution in [0.25, 0.3) is 61.2 Å². The van der Waals surface area contributed by atoms with Crippen molar-refractivity contribution in [1.29, 1.82) is 0 Å². The predicted molar refractivity (Wildman–Crippen MR) is 255 cm³/mol. The second-order valence-electron chi connectivity index (χ2n) is 15.5. The molecule has 284 valence electrons. The van der Waals surface area contributed by atoms with Crippen LogP contribution in [0.3, 0.4) is 0 Å². The van der Waals surface area contributed by atoms with Crippen molar-refractivity contribution < 1.29 is 0 Å². The van der Waals surface area contributed by atoms with Gasteiger partial charge in [0, 0.05) is 50.6 Å². The summed E-state index contributed by atoms with van der Waals surface area (Å²) >= 11 is 0. The van der Waals surface area contributed by atoms with Crippen LogP contribution < -0.4 is 9.80 Å². The topological polar surface area (TPSA) is 11.4 Å². The number of hydrogen-bond acceptors (Lipinski definition) is 2. The minimum absolute atomic E-state index is 0.441. The predicted octanol–water partition coefficient (Wildman–Crippen LogP) is 15.9. The van der Waals surface area contributed by atoms with E-state index in [-0.39, 0.29) is 0 Å². The Labute approximate surface area is 346 Å². The molecular weight excluding hydrogens is 715 g/mol. The molecule has 9 aromatic rings. The molecule has 1 aliphatic carbocycles. The van der Waals surface area contributed by atoms with E-state index in [0.717, 1.165) is 62.7 Å². The Morgan fingerprint density at radius 1 is 0.542 bits per heavy atom. The molecule has 3 heteroatoms. The average Bonchev–Trinajstić information content (AvgIpc) is 3.60. The molecule has 0 amide bonds. The smallest absolute Gasteiger partial charge is 0.0542 e. The monoisotopic (exact) mass is 759 g/mol. The van der Waals surface area contributed by atoms with E-state index in [1.54, 1.807) is 0 Å². The average molecular weight is 760 g/mol. The summed E-state index contributed by atoms with van der Waals surface area (Å²) < 4.78 is 2.43. The van der Waals surface area contributed by atoms with Crippen molar-refractivity contribution in [1.82, 2.24) is 4.57 Å². The summed E-state index contributed by atoms with van der Waals surface area (Å²) in [5.74, 6) is 0.441. The van der Waals surface area contributed by atoms with Crippen LogP contribution >= 0.6 is 0 Å². The highest BCUT2D eigenvalue weighted by Gasteiger charge is 2.22. The summed E-state index contributed by atoms with van der Waals surface area (Å²) in [7, 11) is 0. The lowest BCUT2D eigenvalue weighted by Gasteiger charge is -2.31. The number of rotatable bonds is 9. The fourth-order valence-corrected chi connectivity index (χ4v) is 8.89. The van der Waals surface area contributed by atoms with Crippen LogP contribution in [0.5, 0.6) is 0 Å². The maximum Gasteiger partial charge on any atom is 0.0542 e. The Morgan fingerprint density at radius 3 is 1.80 bits per heavy atom. The van der Waals surface area contributed by atoms with Crippen LogP contribution in [0.1, 0.15) is 31.4 Å². The van der Waals surface area contributed by atoms with E-state index in [0.29, 0.717) is 5.92 Å². The van der Waals surface area contributed by atoms with E-state index in [1.807, 2.05) is 6.08 Å². The molecule has 0 radical (unpaired) electrons. The SMILES string of the molecule is C=Cc1cc(N(c2ccccc2)c2ccc3c(c2)c2cc(N(C4=CC=CC(C)C4)c4ccc5ccccc5c4)ccc2n3-c2ccc3ccccc3c2)ccc1/C=C\C. The third-order valence-electron chi connectivity index (χ3n) is 11.7. The van der Waals surface area contributed by atoms with Crippen LogP contribution in [0.4, 0.5) is 28.4 Å². The Hall–Kier alpha value is -7.36. The second kappa shape index (κ2) is 15.2. The molecular formula is C56H45N3. The maximum absolute atomic E-state index is 4.18. The number of hydrogen-bond donors (Lipinski definition) is 0. The highest BCUT2D eigenvalue weighted by molar-refractivity contribution is 6.12. The van der Waals surface area contributed by atoms with E-state index < -0.39 is 0 Å². The van der Waals surface area contributed by atoms with Gasteiger partial charge in [-0.3, -0.25) is 0 Å². The molecule has 3 nitrogen and oxygen atoms in total. The third-order valence-corrected chi connectivity index (χ3v) is 11.7. The fraction of sp³-hybridized carbons (Fsp3) is 0.0714. The number of para-hydroxylation sites is 1. The van der Waals surface area contributed by atoms with Crippen molar-refractivity contribution >= 4 is 83.9 Å². The van der Waals surface area contributed by atoms with Crippen molar-refractivity contribution in [3.63, 3.8) is 0 Å². The summed E-state index contributed by atoms with van der Waals surface area (Å²) in [6.45, 7) is 8.53. The molecule has 1 atom stereocenters. The highest BCUT2D eigenvalue weighted by Crippen LogP contribution is 2.43. The zero-order valence-electron chi connectivity index (χ0n) is 33.5. The van der Waals surface area contributed by atoms with Gasteiger partial charge in [0.2, 0.25) is 0 Å². The first kappa shape index (κ1) is 36.0. The van der Waals surface area contributed by atoms with Gasteiger partial charge in [0.05, 0.1) is 11.0 Å². The highest BCUT2D eigenvalue weighted by atomic mass is 15.2. The Kier molecular flexibility index (Phi) is 9.27. The summed E-state index contributed by atoms with van der Waals surface area (Å²) in [5.41, 5.74) is 12.5. The Morgan fingerprint density at radius 2 is 1.12 bits per heavy atom. The van der Waals surface area contributed by atoms with Crippen molar-refractivity contribution in [3.8, 4) is 5.69 Å². The van der Waals surface area contributed by atoms with Gasteiger partial charge in [0.25, 0.3) is 0 Å². The molecule has 59 heavy (non-hydrogen) atoms. The molecule has 1 aliphatic rings. The number of nitrogens with zero attached hydrogens (tertiary/aromatic N) is 3. The van der Waals surface area contributed by atoms with Crippen LogP contribution in [-0.2, 0) is 0 Å². The molecule has 0 aliphatic heterocycles. The standard InChI is InChI=1S/C56H45N3/c1-4-14-41-23-26-48(34-40(41)5-2)57(46-20-7-6-8-21-46)51-29-31-55-53(37-51)54-38-52(30-32-56(54)59(55)50-28-25-43-17-10-12-19-45(43)36-50)58(47-22-13-15-39(3)33-47)49-27-24-42-16-9-11-18-44(42)35-49/h4-32,34-39H,2,33H2,1,3H3/b14-4-. The van der Waals surface area contributed by atoms with Gasteiger partial charge in [-0.25, -0.2) is 0 Å². The minimum atomic E-state index is 0.441. The first-order valence-corrected chi connectivity index (χ1v) is 20.5. The number of allylic oxidation sites excluding steroid dienone is 5. The van der Waals surface area contributed by atoms with Crippen molar-refractivity contribution in [2.24, 2.45) is 5.92 Å².